The van der Waals surface area contributed by atoms with Gasteiger partial charge in [0.2, 0.25) is 0 Å². The number of para-hydroxylation sites is 2. The Balaban J connectivity index is 0.00000208. The molecule has 0 saturated carbocycles. The van der Waals surface area contributed by atoms with Crippen molar-refractivity contribution in [2.24, 2.45) is 0 Å². The Kier molecular flexibility index (Phi) is 6.11. The third-order valence-corrected chi connectivity index (χ3v) is 4.45. The first-order chi connectivity index (χ1) is 11.0. The molecule has 1 aliphatic rings. The molecular formula is C17H16NNaO4S. The molecule has 0 radical (unpaired) electrons. The Morgan fingerprint density at radius 3 is 2.54 bits per heavy atom. The SMILES string of the molecule is C=Cc1ccc2c(c1)Oc1ccccc1N2CCCS(=O)(=O)[O-].[Na+]. The van der Waals surface area contributed by atoms with Crippen molar-refractivity contribution < 1.29 is 47.3 Å². The Morgan fingerprint density at radius 2 is 1.83 bits per heavy atom. The molecule has 0 saturated heterocycles. The molecule has 0 spiro atoms. The van der Waals surface area contributed by atoms with Crippen LogP contribution in [0.4, 0.5) is 11.4 Å². The summed E-state index contributed by atoms with van der Waals surface area (Å²) in [5.41, 5.74) is 2.64. The normalized spacial score (nSPS) is 12.5. The van der Waals surface area contributed by atoms with E-state index >= 15 is 0 Å². The average molecular weight is 353 g/mol. The van der Waals surface area contributed by atoms with Gasteiger partial charge in [0.15, 0.2) is 11.5 Å². The summed E-state index contributed by atoms with van der Waals surface area (Å²) in [5.74, 6) is 1.00. The van der Waals surface area contributed by atoms with Crippen LogP contribution in [0, 0.1) is 0 Å². The summed E-state index contributed by atoms with van der Waals surface area (Å²) >= 11 is 0. The molecule has 0 aromatic heterocycles. The fraction of sp³-hybridized carbons (Fsp3) is 0.176. The van der Waals surface area contributed by atoms with Gasteiger partial charge in [-0.05, 0) is 36.2 Å². The molecule has 120 valence electrons. The molecule has 0 amide bonds. The average Bonchev–Trinajstić information content (AvgIpc) is 2.52. The second kappa shape index (κ2) is 7.72. The second-order valence-electron chi connectivity index (χ2n) is 5.27. The topological polar surface area (TPSA) is 69.7 Å². The van der Waals surface area contributed by atoms with Gasteiger partial charge in [0.05, 0.1) is 21.5 Å². The first kappa shape index (κ1) is 19.0. The zero-order valence-electron chi connectivity index (χ0n) is 13.4. The predicted octanol–water partition coefficient (Wildman–Crippen LogP) is 0.513. The molecule has 3 rings (SSSR count). The van der Waals surface area contributed by atoms with E-state index in [0.29, 0.717) is 18.0 Å². The van der Waals surface area contributed by atoms with E-state index in [1.54, 1.807) is 6.08 Å². The van der Waals surface area contributed by atoms with E-state index < -0.39 is 10.1 Å². The van der Waals surface area contributed by atoms with Gasteiger partial charge in [-0.15, -0.1) is 0 Å². The number of benzene rings is 2. The monoisotopic (exact) mass is 353 g/mol. The maximum Gasteiger partial charge on any atom is 1.00 e. The summed E-state index contributed by atoms with van der Waals surface area (Å²) in [6.45, 7) is 4.17. The molecule has 0 atom stereocenters. The third-order valence-electron chi connectivity index (χ3n) is 3.66. The van der Waals surface area contributed by atoms with Gasteiger partial charge in [-0.1, -0.05) is 30.9 Å². The van der Waals surface area contributed by atoms with Gasteiger partial charge in [-0.25, -0.2) is 8.42 Å². The maximum absolute atomic E-state index is 10.8. The second-order valence-corrected chi connectivity index (χ2v) is 6.79. The first-order valence-corrected chi connectivity index (χ1v) is 8.80. The Morgan fingerprint density at radius 1 is 1.12 bits per heavy atom. The van der Waals surface area contributed by atoms with Crippen LogP contribution in [0.25, 0.3) is 6.08 Å². The molecule has 5 nitrogen and oxygen atoms in total. The summed E-state index contributed by atoms with van der Waals surface area (Å²) in [6.07, 6.45) is 1.99. The Hall–Kier alpha value is -1.31. The number of hydrogen-bond acceptors (Lipinski definition) is 5. The molecule has 0 unspecified atom stereocenters. The zero-order valence-corrected chi connectivity index (χ0v) is 16.3. The molecule has 0 fully saturated rings. The summed E-state index contributed by atoms with van der Waals surface area (Å²) in [7, 11) is -4.21. The minimum absolute atomic E-state index is 0. The van der Waals surface area contributed by atoms with Gasteiger partial charge in [0, 0.05) is 12.3 Å². The minimum atomic E-state index is -4.21. The number of nitrogens with zero attached hydrogens (tertiary/aromatic N) is 1. The standard InChI is InChI=1S/C17H17NO4S.Na/c1-2-13-8-9-15-17(12-13)22-16-7-4-3-6-14(16)18(15)10-5-11-23(19,20)21;/h2-4,6-9,12H,1,5,10-11H2,(H,19,20,21);/q;+1/p-1. The molecule has 1 heterocycles. The summed E-state index contributed by atoms with van der Waals surface area (Å²) in [4.78, 5) is 1.98. The van der Waals surface area contributed by atoms with Crippen LogP contribution in [0.15, 0.2) is 49.0 Å². The molecule has 0 N–H and O–H groups in total. The van der Waals surface area contributed by atoms with E-state index in [2.05, 4.69) is 6.58 Å². The molecule has 1 aliphatic heterocycles. The van der Waals surface area contributed by atoms with Crippen molar-refractivity contribution in [1.29, 1.82) is 0 Å². The van der Waals surface area contributed by atoms with E-state index in [0.717, 1.165) is 16.9 Å². The van der Waals surface area contributed by atoms with Crippen molar-refractivity contribution in [3.8, 4) is 11.5 Å². The van der Waals surface area contributed by atoms with E-state index in [9.17, 15) is 13.0 Å². The maximum atomic E-state index is 10.8. The van der Waals surface area contributed by atoms with Crippen LogP contribution < -0.4 is 39.2 Å². The van der Waals surface area contributed by atoms with Crippen molar-refractivity contribution in [2.45, 2.75) is 6.42 Å². The van der Waals surface area contributed by atoms with Crippen LogP contribution in [-0.4, -0.2) is 25.3 Å². The van der Waals surface area contributed by atoms with Crippen LogP contribution in [0.5, 0.6) is 11.5 Å². The van der Waals surface area contributed by atoms with E-state index in [1.165, 1.54) is 0 Å². The molecule has 2 aromatic carbocycles. The minimum Gasteiger partial charge on any atom is -0.748 e. The van der Waals surface area contributed by atoms with Crippen molar-refractivity contribution in [3.63, 3.8) is 0 Å². The fourth-order valence-electron chi connectivity index (χ4n) is 2.62. The van der Waals surface area contributed by atoms with Gasteiger partial charge in [0.25, 0.3) is 0 Å². The van der Waals surface area contributed by atoms with Crippen LogP contribution in [-0.2, 0) is 10.1 Å². The molecule has 0 aliphatic carbocycles. The van der Waals surface area contributed by atoms with Gasteiger partial charge in [-0.2, -0.15) is 0 Å². The third kappa shape index (κ3) is 4.20. The molecule has 24 heavy (non-hydrogen) atoms. The fourth-order valence-corrected chi connectivity index (χ4v) is 3.10. The molecular weight excluding hydrogens is 337 g/mol. The van der Waals surface area contributed by atoms with E-state index in [4.69, 9.17) is 4.74 Å². The van der Waals surface area contributed by atoms with E-state index in [-0.39, 0.29) is 41.7 Å². The number of hydrogen-bond donors (Lipinski definition) is 0. The largest absolute Gasteiger partial charge is 1.00 e. The zero-order chi connectivity index (χ0) is 16.4. The Labute approximate surface area is 164 Å². The van der Waals surface area contributed by atoms with Gasteiger partial charge in [0.1, 0.15) is 0 Å². The number of anilines is 2. The van der Waals surface area contributed by atoms with Crippen molar-refractivity contribution in [2.75, 3.05) is 17.2 Å². The van der Waals surface area contributed by atoms with Crippen LogP contribution >= 0.6 is 0 Å². The van der Waals surface area contributed by atoms with Crippen molar-refractivity contribution >= 4 is 27.6 Å². The van der Waals surface area contributed by atoms with Gasteiger partial charge < -0.3 is 14.2 Å². The number of ether oxygens (including phenoxy) is 1. The number of fused-ring (bicyclic) bond motifs is 2. The first-order valence-electron chi connectivity index (χ1n) is 7.22. The summed E-state index contributed by atoms with van der Waals surface area (Å²) in [5, 5.41) is 0. The van der Waals surface area contributed by atoms with Gasteiger partial charge >= 0.3 is 29.6 Å². The molecule has 0 bridgehead atoms. The summed E-state index contributed by atoms with van der Waals surface area (Å²) < 4.78 is 38.4. The molecule has 2 aromatic rings. The van der Waals surface area contributed by atoms with Gasteiger partial charge in [-0.3, -0.25) is 0 Å². The van der Waals surface area contributed by atoms with Crippen LogP contribution in [0.3, 0.4) is 0 Å². The number of rotatable bonds is 5. The van der Waals surface area contributed by atoms with Crippen LogP contribution in [0.1, 0.15) is 12.0 Å². The van der Waals surface area contributed by atoms with Crippen molar-refractivity contribution in [1.82, 2.24) is 0 Å². The quantitative estimate of drug-likeness (QED) is 0.579. The summed E-state index contributed by atoms with van der Waals surface area (Å²) in [6, 6.07) is 13.2. The van der Waals surface area contributed by atoms with Crippen molar-refractivity contribution in [3.05, 3.63) is 54.6 Å². The molecule has 7 heteroatoms. The Bertz CT molecular complexity index is 851. The van der Waals surface area contributed by atoms with E-state index in [1.807, 2.05) is 47.4 Å². The smallest absolute Gasteiger partial charge is 0.748 e. The van der Waals surface area contributed by atoms with Crippen LogP contribution in [0.2, 0.25) is 0 Å². The predicted molar refractivity (Wildman–Crippen MR) is 89.2 cm³/mol.